The van der Waals surface area contributed by atoms with E-state index < -0.39 is 0 Å². The van der Waals surface area contributed by atoms with E-state index in [1.165, 1.54) is 12.0 Å². The predicted octanol–water partition coefficient (Wildman–Crippen LogP) is 4.67. The third-order valence-corrected chi connectivity index (χ3v) is 2.61. The summed E-state index contributed by atoms with van der Waals surface area (Å²) >= 11 is 0. The molecular weight excluding hydrogens is 208 g/mol. The molecule has 1 aromatic rings. The van der Waals surface area contributed by atoms with Crippen molar-refractivity contribution in [1.82, 2.24) is 0 Å². The highest BCUT2D eigenvalue weighted by molar-refractivity contribution is 5.13. The van der Waals surface area contributed by atoms with Crippen LogP contribution in [0.5, 0.6) is 0 Å². The Bertz CT molecular complexity index is 319. The van der Waals surface area contributed by atoms with E-state index in [0.29, 0.717) is 12.0 Å². The summed E-state index contributed by atoms with van der Waals surface area (Å²) in [6, 6.07) is 10.4. The number of hydrogen-bond acceptors (Lipinski definition) is 1. The van der Waals surface area contributed by atoms with E-state index in [4.69, 9.17) is 4.74 Å². The van der Waals surface area contributed by atoms with Gasteiger partial charge in [0.2, 0.25) is 0 Å². The van der Waals surface area contributed by atoms with Gasteiger partial charge in [0.05, 0.1) is 13.2 Å². The van der Waals surface area contributed by atoms with E-state index >= 15 is 0 Å². The Hall–Kier alpha value is -0.820. The second kappa shape index (κ2) is 5.68. The molecule has 0 aliphatic rings. The van der Waals surface area contributed by atoms with Crippen molar-refractivity contribution in [2.75, 3.05) is 6.61 Å². The third kappa shape index (κ3) is 6.48. The standard InChI is InChI=1S/C16H26O/c1-15(2,3)12-16(4,5)13-17-11-14-9-7-6-8-10-14/h6-10H,11-13H2,1-5H3. The van der Waals surface area contributed by atoms with Gasteiger partial charge < -0.3 is 4.74 Å². The van der Waals surface area contributed by atoms with Crippen molar-refractivity contribution in [3.05, 3.63) is 35.9 Å². The Morgan fingerprint density at radius 2 is 1.53 bits per heavy atom. The molecule has 0 saturated heterocycles. The van der Waals surface area contributed by atoms with Crippen LogP contribution < -0.4 is 0 Å². The lowest BCUT2D eigenvalue weighted by Crippen LogP contribution is -2.25. The lowest BCUT2D eigenvalue weighted by Gasteiger charge is -2.32. The van der Waals surface area contributed by atoms with E-state index in [0.717, 1.165) is 6.61 Å². The molecular formula is C16H26O. The van der Waals surface area contributed by atoms with Crippen molar-refractivity contribution in [1.29, 1.82) is 0 Å². The van der Waals surface area contributed by atoms with Crippen molar-refractivity contribution >= 4 is 0 Å². The van der Waals surface area contributed by atoms with Gasteiger partial charge in [0, 0.05) is 0 Å². The van der Waals surface area contributed by atoms with Gasteiger partial charge >= 0.3 is 0 Å². The molecule has 0 bridgehead atoms. The Labute approximate surface area is 106 Å². The van der Waals surface area contributed by atoms with Crippen molar-refractivity contribution in [2.24, 2.45) is 10.8 Å². The smallest absolute Gasteiger partial charge is 0.0717 e. The lowest BCUT2D eigenvalue weighted by molar-refractivity contribution is 0.0304. The van der Waals surface area contributed by atoms with Crippen LogP contribution in [-0.4, -0.2) is 6.61 Å². The van der Waals surface area contributed by atoms with Crippen molar-refractivity contribution in [3.8, 4) is 0 Å². The fourth-order valence-corrected chi connectivity index (χ4v) is 2.51. The minimum atomic E-state index is 0.243. The van der Waals surface area contributed by atoms with Gasteiger partial charge in [-0.3, -0.25) is 0 Å². The van der Waals surface area contributed by atoms with Crippen molar-refractivity contribution in [2.45, 2.75) is 47.6 Å². The monoisotopic (exact) mass is 234 g/mol. The molecule has 0 unspecified atom stereocenters. The largest absolute Gasteiger partial charge is 0.376 e. The molecule has 96 valence electrons. The summed E-state index contributed by atoms with van der Waals surface area (Å²) in [5, 5.41) is 0. The maximum Gasteiger partial charge on any atom is 0.0717 e. The zero-order chi connectivity index (χ0) is 12.9. The minimum absolute atomic E-state index is 0.243. The van der Waals surface area contributed by atoms with Gasteiger partial charge in [0.1, 0.15) is 0 Å². The van der Waals surface area contributed by atoms with E-state index in [-0.39, 0.29) is 5.41 Å². The van der Waals surface area contributed by atoms with E-state index in [2.05, 4.69) is 58.9 Å². The summed E-state index contributed by atoms with van der Waals surface area (Å²) in [6.07, 6.45) is 1.18. The molecule has 0 amide bonds. The summed E-state index contributed by atoms with van der Waals surface area (Å²) in [6.45, 7) is 12.9. The van der Waals surface area contributed by atoms with Gasteiger partial charge in [-0.1, -0.05) is 65.0 Å². The SMILES string of the molecule is CC(C)(C)CC(C)(C)COCc1ccccc1. The van der Waals surface area contributed by atoms with Crippen LogP contribution in [0.2, 0.25) is 0 Å². The van der Waals surface area contributed by atoms with Crippen LogP contribution in [-0.2, 0) is 11.3 Å². The van der Waals surface area contributed by atoms with Crippen LogP contribution in [0.25, 0.3) is 0 Å². The van der Waals surface area contributed by atoms with Crippen molar-refractivity contribution < 1.29 is 4.74 Å². The van der Waals surface area contributed by atoms with Crippen LogP contribution in [0, 0.1) is 10.8 Å². The maximum atomic E-state index is 5.83. The number of benzene rings is 1. The molecule has 0 fully saturated rings. The molecule has 0 radical (unpaired) electrons. The maximum absolute atomic E-state index is 5.83. The summed E-state index contributed by atoms with van der Waals surface area (Å²) in [7, 11) is 0. The van der Waals surface area contributed by atoms with Gasteiger partial charge in [-0.25, -0.2) is 0 Å². The number of rotatable bonds is 5. The quantitative estimate of drug-likeness (QED) is 0.719. The molecule has 0 N–H and O–H groups in total. The van der Waals surface area contributed by atoms with E-state index in [1.54, 1.807) is 0 Å². The van der Waals surface area contributed by atoms with E-state index in [9.17, 15) is 0 Å². The molecule has 0 aliphatic carbocycles. The molecule has 17 heavy (non-hydrogen) atoms. The fourth-order valence-electron chi connectivity index (χ4n) is 2.51. The average molecular weight is 234 g/mol. The van der Waals surface area contributed by atoms with Crippen LogP contribution in [0.1, 0.15) is 46.6 Å². The number of hydrogen-bond donors (Lipinski definition) is 0. The normalized spacial score (nSPS) is 12.8. The second-order valence-electron chi connectivity index (χ2n) is 6.88. The van der Waals surface area contributed by atoms with Gasteiger partial charge in [0.25, 0.3) is 0 Å². The predicted molar refractivity (Wildman–Crippen MR) is 74.0 cm³/mol. The first kappa shape index (κ1) is 14.2. The first-order chi connectivity index (χ1) is 7.79. The first-order valence-corrected chi connectivity index (χ1v) is 6.40. The van der Waals surface area contributed by atoms with Crippen molar-refractivity contribution in [3.63, 3.8) is 0 Å². The Balaban J connectivity index is 2.35. The summed E-state index contributed by atoms with van der Waals surface area (Å²) in [5.74, 6) is 0. The second-order valence-corrected chi connectivity index (χ2v) is 6.88. The topological polar surface area (TPSA) is 9.23 Å². The molecule has 0 spiro atoms. The molecule has 0 atom stereocenters. The lowest BCUT2D eigenvalue weighted by atomic mass is 9.77. The zero-order valence-corrected chi connectivity index (χ0v) is 11.9. The van der Waals surface area contributed by atoms with Crippen LogP contribution >= 0.6 is 0 Å². The summed E-state index contributed by atoms with van der Waals surface area (Å²) in [5.41, 5.74) is 1.85. The minimum Gasteiger partial charge on any atom is -0.376 e. The number of ether oxygens (including phenoxy) is 1. The third-order valence-electron chi connectivity index (χ3n) is 2.61. The van der Waals surface area contributed by atoms with Gasteiger partial charge in [-0.05, 0) is 22.8 Å². The highest BCUT2D eigenvalue weighted by Gasteiger charge is 2.25. The van der Waals surface area contributed by atoms with Crippen LogP contribution in [0.15, 0.2) is 30.3 Å². The Morgan fingerprint density at radius 1 is 0.941 bits per heavy atom. The molecule has 0 aromatic heterocycles. The fraction of sp³-hybridized carbons (Fsp3) is 0.625. The Kier molecular flexibility index (Phi) is 4.76. The molecule has 0 aliphatic heterocycles. The molecule has 0 heterocycles. The highest BCUT2D eigenvalue weighted by atomic mass is 16.5. The molecule has 1 rings (SSSR count). The molecule has 1 nitrogen and oxygen atoms in total. The average Bonchev–Trinajstić information content (AvgIpc) is 2.15. The zero-order valence-electron chi connectivity index (χ0n) is 11.9. The highest BCUT2D eigenvalue weighted by Crippen LogP contribution is 2.33. The van der Waals surface area contributed by atoms with Gasteiger partial charge in [-0.15, -0.1) is 0 Å². The molecule has 1 aromatic carbocycles. The summed E-state index contributed by atoms with van der Waals surface area (Å²) < 4.78 is 5.83. The first-order valence-electron chi connectivity index (χ1n) is 6.40. The van der Waals surface area contributed by atoms with Gasteiger partial charge in [-0.2, -0.15) is 0 Å². The Morgan fingerprint density at radius 3 is 2.06 bits per heavy atom. The summed E-state index contributed by atoms with van der Waals surface area (Å²) in [4.78, 5) is 0. The molecule has 0 saturated carbocycles. The molecule has 1 heteroatoms. The van der Waals surface area contributed by atoms with Crippen LogP contribution in [0.4, 0.5) is 0 Å². The van der Waals surface area contributed by atoms with Crippen LogP contribution in [0.3, 0.4) is 0 Å². The van der Waals surface area contributed by atoms with E-state index in [1.807, 2.05) is 6.07 Å². The van der Waals surface area contributed by atoms with Gasteiger partial charge in [0.15, 0.2) is 0 Å².